The lowest BCUT2D eigenvalue weighted by Crippen LogP contribution is -2.47. The fourth-order valence-corrected chi connectivity index (χ4v) is 3.59. The lowest BCUT2D eigenvalue weighted by atomic mass is 10.2. The number of aliphatic hydroxyl groups excluding tert-OH is 1. The molecule has 0 bridgehead atoms. The lowest BCUT2D eigenvalue weighted by Gasteiger charge is -2.35. The number of aromatic nitrogens is 3. The summed E-state index contributed by atoms with van der Waals surface area (Å²) < 4.78 is 7.44. The number of hydrogen-bond acceptors (Lipinski definition) is 6. The molecule has 0 aliphatic carbocycles. The molecule has 1 atom stereocenters. The molecule has 1 aromatic heterocycles. The highest BCUT2D eigenvalue weighted by Gasteiger charge is 2.35. The third-order valence-electron chi connectivity index (χ3n) is 4.53. The van der Waals surface area contributed by atoms with Gasteiger partial charge in [0.1, 0.15) is 11.4 Å². The maximum Gasteiger partial charge on any atom is 0.182 e. The number of rotatable bonds is 6. The third-order valence-corrected chi connectivity index (χ3v) is 4.53. The second kappa shape index (κ2) is 6.92. The number of aliphatic hydroxyl groups is 1. The lowest BCUT2D eigenvalue weighted by molar-refractivity contribution is 0.218. The zero-order valence-corrected chi connectivity index (χ0v) is 15.5. The van der Waals surface area contributed by atoms with E-state index >= 15 is 0 Å². The molecule has 3 rings (SSSR count). The molecule has 0 radical (unpaired) electrons. The summed E-state index contributed by atoms with van der Waals surface area (Å²) in [5.74, 6) is 0.795. The first-order valence-corrected chi connectivity index (χ1v) is 8.75. The van der Waals surface area contributed by atoms with Crippen molar-refractivity contribution in [3.63, 3.8) is 0 Å². The Kier molecular flexibility index (Phi) is 4.85. The van der Waals surface area contributed by atoms with Crippen molar-refractivity contribution in [1.29, 1.82) is 0 Å². The van der Waals surface area contributed by atoms with Gasteiger partial charge in [0.2, 0.25) is 0 Å². The average molecular weight is 345 g/mol. The monoisotopic (exact) mass is 345 g/mol. The molecule has 0 fully saturated rings. The zero-order chi connectivity index (χ0) is 18.1. The summed E-state index contributed by atoms with van der Waals surface area (Å²) in [4.78, 5) is 4.85. The van der Waals surface area contributed by atoms with Gasteiger partial charge >= 0.3 is 0 Å². The van der Waals surface area contributed by atoms with Crippen LogP contribution in [0.3, 0.4) is 0 Å². The molecule has 25 heavy (non-hydrogen) atoms. The second-order valence-electron chi connectivity index (χ2n) is 6.97. The zero-order valence-electron chi connectivity index (χ0n) is 15.5. The van der Waals surface area contributed by atoms with Gasteiger partial charge in [-0.1, -0.05) is 5.21 Å². The van der Waals surface area contributed by atoms with E-state index in [0.717, 1.165) is 5.75 Å². The van der Waals surface area contributed by atoms with Crippen molar-refractivity contribution < 1.29 is 9.84 Å². The Labute approximate surface area is 148 Å². The van der Waals surface area contributed by atoms with E-state index in [9.17, 15) is 0 Å². The van der Waals surface area contributed by atoms with Gasteiger partial charge in [0.25, 0.3) is 0 Å². The van der Waals surface area contributed by atoms with Gasteiger partial charge in [-0.15, -0.1) is 5.10 Å². The molecule has 1 N–H and O–H groups in total. The minimum Gasteiger partial charge on any atom is -0.471 e. The largest absolute Gasteiger partial charge is 0.471 e. The molecule has 1 aliphatic rings. The first kappa shape index (κ1) is 17.5. The molecular weight excluding hydrogens is 318 g/mol. The molecule has 1 aromatic carbocycles. The van der Waals surface area contributed by atoms with Crippen molar-refractivity contribution in [2.45, 2.75) is 66.2 Å². The Bertz CT molecular complexity index is 728. The number of anilines is 2. The topological polar surface area (TPSA) is 66.6 Å². The van der Waals surface area contributed by atoms with Crippen molar-refractivity contribution in [3.8, 4) is 5.75 Å². The minimum absolute atomic E-state index is 0.120. The number of ether oxygens (including phenoxy) is 1. The van der Waals surface area contributed by atoms with Crippen molar-refractivity contribution in [2.24, 2.45) is 0 Å². The number of fused-ring (bicyclic) bond motifs is 1. The highest BCUT2D eigenvalue weighted by Crippen LogP contribution is 2.43. The summed E-state index contributed by atoms with van der Waals surface area (Å²) in [5, 5.41) is 16.8. The predicted octanol–water partition coefficient (Wildman–Crippen LogP) is 2.60. The molecule has 2 heterocycles. The first-order chi connectivity index (χ1) is 11.9. The van der Waals surface area contributed by atoms with Crippen LogP contribution in [0.4, 0.5) is 11.4 Å². The van der Waals surface area contributed by atoms with Crippen LogP contribution in [0.25, 0.3) is 0 Å². The maximum absolute atomic E-state index is 9.05. The Morgan fingerprint density at radius 3 is 2.40 bits per heavy atom. The second-order valence-corrected chi connectivity index (χ2v) is 6.97. The van der Waals surface area contributed by atoms with Crippen LogP contribution in [0.1, 0.15) is 40.3 Å². The molecule has 2 aromatic rings. The van der Waals surface area contributed by atoms with E-state index in [2.05, 4.69) is 66.9 Å². The highest BCUT2D eigenvalue weighted by molar-refractivity contribution is 5.79. The molecule has 136 valence electrons. The van der Waals surface area contributed by atoms with E-state index < -0.39 is 0 Å². The van der Waals surface area contributed by atoms with E-state index in [1.165, 1.54) is 11.4 Å². The van der Waals surface area contributed by atoms with Crippen LogP contribution in [0.2, 0.25) is 0 Å². The van der Waals surface area contributed by atoms with E-state index in [0.29, 0.717) is 23.9 Å². The number of hydrogen-bond donors (Lipinski definition) is 1. The van der Waals surface area contributed by atoms with Gasteiger partial charge in [-0.25, -0.2) is 4.68 Å². The fraction of sp³-hybridized carbons (Fsp3) is 0.556. The minimum atomic E-state index is -0.120. The van der Waals surface area contributed by atoms with Crippen LogP contribution in [0, 0.1) is 0 Å². The summed E-state index contributed by atoms with van der Waals surface area (Å²) in [6.45, 7) is 11.2. The molecular formula is C18H27N5O2. The van der Waals surface area contributed by atoms with Crippen LogP contribution in [-0.2, 0) is 13.3 Å². The maximum atomic E-state index is 9.05. The summed E-state index contributed by atoms with van der Waals surface area (Å²) in [6.07, 6.45) is 1.99. The van der Waals surface area contributed by atoms with Crippen molar-refractivity contribution in [2.75, 3.05) is 9.80 Å². The highest BCUT2D eigenvalue weighted by atomic mass is 16.5. The number of nitrogens with zero attached hydrogens (tertiary/aromatic N) is 5. The van der Waals surface area contributed by atoms with Gasteiger partial charge in [-0.3, -0.25) is 0 Å². The Hall–Kier alpha value is -2.28. The van der Waals surface area contributed by atoms with Crippen LogP contribution >= 0.6 is 0 Å². The average Bonchev–Trinajstić information content (AvgIpc) is 3.13. The van der Waals surface area contributed by atoms with E-state index in [4.69, 9.17) is 9.84 Å². The Morgan fingerprint density at radius 1 is 1.12 bits per heavy atom. The quantitative estimate of drug-likeness (QED) is 0.868. The summed E-state index contributed by atoms with van der Waals surface area (Å²) in [7, 11) is 0. The summed E-state index contributed by atoms with van der Waals surface area (Å²) >= 11 is 0. The van der Waals surface area contributed by atoms with Gasteiger partial charge in [0.05, 0.1) is 30.3 Å². The Morgan fingerprint density at radius 2 is 1.80 bits per heavy atom. The van der Waals surface area contributed by atoms with Crippen LogP contribution in [0.5, 0.6) is 5.75 Å². The third kappa shape index (κ3) is 3.28. The molecule has 1 unspecified atom stereocenters. The molecule has 0 saturated carbocycles. The van der Waals surface area contributed by atoms with Gasteiger partial charge in [-0.05, 0) is 46.8 Å². The summed E-state index contributed by atoms with van der Waals surface area (Å²) in [6, 6.07) is 7.04. The molecule has 7 heteroatoms. The molecule has 0 amide bonds. The SMILES string of the molecule is CC(C)N1c2ccc(OCn3cc(CO)nn3)cc2N(C(C)C)C1C. The van der Waals surface area contributed by atoms with Crippen LogP contribution < -0.4 is 14.5 Å². The van der Waals surface area contributed by atoms with E-state index in [-0.39, 0.29) is 13.3 Å². The van der Waals surface area contributed by atoms with Gasteiger partial charge < -0.3 is 19.6 Å². The number of benzene rings is 1. The predicted molar refractivity (Wildman–Crippen MR) is 97.7 cm³/mol. The van der Waals surface area contributed by atoms with Gasteiger partial charge in [0.15, 0.2) is 6.73 Å². The fourth-order valence-electron chi connectivity index (χ4n) is 3.59. The Balaban J connectivity index is 1.82. The van der Waals surface area contributed by atoms with Gasteiger partial charge in [0, 0.05) is 18.2 Å². The first-order valence-electron chi connectivity index (χ1n) is 8.75. The van der Waals surface area contributed by atoms with Gasteiger partial charge in [-0.2, -0.15) is 0 Å². The molecule has 0 spiro atoms. The van der Waals surface area contributed by atoms with Crippen LogP contribution in [-0.4, -0.2) is 38.3 Å². The molecule has 7 nitrogen and oxygen atoms in total. The molecule has 0 saturated heterocycles. The van der Waals surface area contributed by atoms with E-state index in [1.54, 1.807) is 10.9 Å². The normalized spacial score (nSPS) is 16.9. The van der Waals surface area contributed by atoms with Crippen molar-refractivity contribution in [1.82, 2.24) is 15.0 Å². The van der Waals surface area contributed by atoms with Crippen LogP contribution in [0.15, 0.2) is 24.4 Å². The van der Waals surface area contributed by atoms with Crippen molar-refractivity contribution >= 4 is 11.4 Å². The smallest absolute Gasteiger partial charge is 0.182 e. The van der Waals surface area contributed by atoms with E-state index in [1.807, 2.05) is 6.07 Å². The molecule has 1 aliphatic heterocycles. The summed E-state index contributed by atoms with van der Waals surface area (Å²) in [5.41, 5.74) is 2.97. The van der Waals surface area contributed by atoms with Crippen molar-refractivity contribution in [3.05, 3.63) is 30.1 Å². The standard InChI is InChI=1S/C18H27N5O2/c1-12(2)22-14(5)23(13(3)4)18-8-16(6-7-17(18)22)25-11-21-9-15(10-24)19-20-21/h6-9,12-14,24H,10-11H2,1-5H3.